The van der Waals surface area contributed by atoms with Gasteiger partial charge in [-0.15, -0.1) is 23.7 Å². The van der Waals surface area contributed by atoms with E-state index in [0.29, 0.717) is 0 Å². The van der Waals surface area contributed by atoms with E-state index in [2.05, 4.69) is 37.2 Å². The molecule has 2 rings (SSSR count). The second-order valence-corrected chi connectivity index (χ2v) is 6.24. The highest BCUT2D eigenvalue weighted by molar-refractivity contribution is 7.12. The van der Waals surface area contributed by atoms with Gasteiger partial charge in [-0.2, -0.15) is 0 Å². The van der Waals surface area contributed by atoms with Crippen molar-refractivity contribution < 1.29 is 0 Å². The summed E-state index contributed by atoms with van der Waals surface area (Å²) in [5.41, 5.74) is 1.53. The van der Waals surface area contributed by atoms with E-state index in [1.807, 2.05) is 11.3 Å². The van der Waals surface area contributed by atoms with Gasteiger partial charge in [0.2, 0.25) is 0 Å². The number of aryl methyl sites for hydroxylation is 2. The zero-order chi connectivity index (χ0) is 11.5. The van der Waals surface area contributed by atoms with Crippen molar-refractivity contribution in [3.05, 3.63) is 21.4 Å². The van der Waals surface area contributed by atoms with Gasteiger partial charge in [0, 0.05) is 22.3 Å². The Bertz CT molecular complexity index is 343. The van der Waals surface area contributed by atoms with Crippen LogP contribution >= 0.6 is 23.7 Å². The topological polar surface area (TPSA) is 15.3 Å². The average Bonchev–Trinajstić information content (AvgIpc) is 2.59. The van der Waals surface area contributed by atoms with Crippen molar-refractivity contribution in [2.45, 2.75) is 39.3 Å². The molecule has 0 atom stereocenters. The quantitative estimate of drug-likeness (QED) is 0.912. The number of halogens is 1. The minimum atomic E-state index is 0. The van der Waals surface area contributed by atoms with Gasteiger partial charge < -0.3 is 5.32 Å². The molecule has 1 aliphatic rings. The number of nitrogens with zero attached hydrogens (tertiary/aromatic N) is 1. The van der Waals surface area contributed by atoms with Crippen LogP contribution in [0.25, 0.3) is 0 Å². The molecule has 0 saturated carbocycles. The van der Waals surface area contributed by atoms with Crippen molar-refractivity contribution in [2.75, 3.05) is 20.1 Å². The summed E-state index contributed by atoms with van der Waals surface area (Å²) in [6.07, 6.45) is 2.58. The first kappa shape index (κ1) is 15.0. The number of piperidine rings is 1. The van der Waals surface area contributed by atoms with Crippen LogP contribution in [0.4, 0.5) is 0 Å². The molecule has 0 bridgehead atoms. The molecular weight excluding hydrogens is 252 g/mol. The minimum absolute atomic E-state index is 0. The van der Waals surface area contributed by atoms with Crippen LogP contribution in [-0.4, -0.2) is 31.1 Å². The maximum absolute atomic E-state index is 3.38. The van der Waals surface area contributed by atoms with Crippen LogP contribution in [0, 0.1) is 13.8 Å². The Balaban J connectivity index is 0.00000144. The van der Waals surface area contributed by atoms with E-state index in [0.717, 1.165) is 12.6 Å². The van der Waals surface area contributed by atoms with Crippen LogP contribution < -0.4 is 5.32 Å². The lowest BCUT2D eigenvalue weighted by Crippen LogP contribution is -2.40. The van der Waals surface area contributed by atoms with Crippen LogP contribution in [-0.2, 0) is 6.54 Å². The van der Waals surface area contributed by atoms with Gasteiger partial charge in [-0.05, 0) is 58.5 Å². The fraction of sp³-hybridized carbons (Fsp3) is 0.692. The lowest BCUT2D eigenvalue weighted by atomic mass is 10.0. The zero-order valence-electron chi connectivity index (χ0n) is 11.0. The summed E-state index contributed by atoms with van der Waals surface area (Å²) in [5.74, 6) is 0. The molecule has 1 aromatic heterocycles. The Morgan fingerprint density at radius 1 is 1.35 bits per heavy atom. The molecule has 0 radical (unpaired) electrons. The Kier molecular flexibility index (Phi) is 5.93. The molecular formula is C13H23ClN2S. The maximum Gasteiger partial charge on any atom is 0.0244 e. The lowest BCUT2D eigenvalue weighted by Gasteiger charge is -2.31. The van der Waals surface area contributed by atoms with Gasteiger partial charge in [0.1, 0.15) is 0 Å². The number of nitrogens with one attached hydrogen (secondary N) is 1. The molecule has 1 aromatic rings. The first-order valence-corrected chi connectivity index (χ1v) is 6.96. The molecule has 4 heteroatoms. The highest BCUT2D eigenvalue weighted by Gasteiger charge is 2.18. The van der Waals surface area contributed by atoms with E-state index in [9.17, 15) is 0 Å². The van der Waals surface area contributed by atoms with Crippen LogP contribution in [0.2, 0.25) is 0 Å². The van der Waals surface area contributed by atoms with E-state index in [1.54, 1.807) is 0 Å². The van der Waals surface area contributed by atoms with Crippen molar-refractivity contribution in [3.8, 4) is 0 Å². The number of hydrogen-bond acceptors (Lipinski definition) is 3. The molecule has 1 saturated heterocycles. The van der Waals surface area contributed by atoms with Gasteiger partial charge >= 0.3 is 0 Å². The van der Waals surface area contributed by atoms with Gasteiger partial charge in [-0.25, -0.2) is 0 Å². The predicted octanol–water partition coefficient (Wildman–Crippen LogP) is 2.97. The highest BCUT2D eigenvalue weighted by Crippen LogP contribution is 2.23. The second-order valence-electron chi connectivity index (χ2n) is 4.78. The molecule has 0 aliphatic carbocycles. The smallest absolute Gasteiger partial charge is 0.0244 e. The van der Waals surface area contributed by atoms with Crippen LogP contribution in [0.15, 0.2) is 6.07 Å². The molecule has 0 aromatic carbocycles. The average molecular weight is 275 g/mol. The third kappa shape index (κ3) is 3.95. The van der Waals surface area contributed by atoms with Crippen LogP contribution in [0.3, 0.4) is 0 Å². The van der Waals surface area contributed by atoms with E-state index >= 15 is 0 Å². The van der Waals surface area contributed by atoms with Crippen molar-refractivity contribution >= 4 is 23.7 Å². The third-order valence-corrected chi connectivity index (χ3v) is 4.54. The summed E-state index contributed by atoms with van der Waals surface area (Å²) in [6, 6.07) is 3.09. The number of thiophene rings is 1. The van der Waals surface area contributed by atoms with Crippen molar-refractivity contribution in [1.29, 1.82) is 0 Å². The Hall–Kier alpha value is -0.0900. The molecule has 1 fully saturated rings. The SMILES string of the molecule is CNC1CCN(Cc2cc(C)sc2C)CC1.Cl. The third-order valence-electron chi connectivity index (χ3n) is 3.53. The molecule has 1 N–H and O–H groups in total. The highest BCUT2D eigenvalue weighted by atomic mass is 35.5. The summed E-state index contributed by atoms with van der Waals surface area (Å²) in [6.45, 7) is 8.06. The summed E-state index contributed by atoms with van der Waals surface area (Å²) >= 11 is 1.92. The summed E-state index contributed by atoms with van der Waals surface area (Å²) < 4.78 is 0. The van der Waals surface area contributed by atoms with Gasteiger partial charge in [0.15, 0.2) is 0 Å². The van der Waals surface area contributed by atoms with Gasteiger partial charge in [0.25, 0.3) is 0 Å². The molecule has 17 heavy (non-hydrogen) atoms. The molecule has 98 valence electrons. The molecule has 1 aliphatic heterocycles. The number of rotatable bonds is 3. The van der Waals surface area contributed by atoms with E-state index in [-0.39, 0.29) is 12.4 Å². The fourth-order valence-electron chi connectivity index (χ4n) is 2.46. The first-order valence-electron chi connectivity index (χ1n) is 6.14. The molecule has 0 amide bonds. The summed E-state index contributed by atoms with van der Waals surface area (Å²) in [5, 5.41) is 3.38. The first-order chi connectivity index (χ1) is 7.69. The zero-order valence-corrected chi connectivity index (χ0v) is 12.6. The minimum Gasteiger partial charge on any atom is -0.317 e. The fourth-order valence-corrected chi connectivity index (χ4v) is 3.40. The van der Waals surface area contributed by atoms with E-state index < -0.39 is 0 Å². The van der Waals surface area contributed by atoms with E-state index in [1.165, 1.54) is 41.2 Å². The van der Waals surface area contributed by atoms with Gasteiger partial charge in [0.05, 0.1) is 0 Å². The van der Waals surface area contributed by atoms with Crippen molar-refractivity contribution in [1.82, 2.24) is 10.2 Å². The lowest BCUT2D eigenvalue weighted by molar-refractivity contribution is 0.194. The Morgan fingerprint density at radius 3 is 2.47 bits per heavy atom. The molecule has 0 spiro atoms. The maximum atomic E-state index is 3.38. The molecule has 2 nitrogen and oxygen atoms in total. The van der Waals surface area contributed by atoms with Gasteiger partial charge in [-0.1, -0.05) is 0 Å². The van der Waals surface area contributed by atoms with Crippen LogP contribution in [0.5, 0.6) is 0 Å². The monoisotopic (exact) mass is 274 g/mol. The Labute approximate surface area is 115 Å². The number of hydrogen-bond donors (Lipinski definition) is 1. The Morgan fingerprint density at radius 2 is 2.00 bits per heavy atom. The van der Waals surface area contributed by atoms with Gasteiger partial charge in [-0.3, -0.25) is 4.90 Å². The van der Waals surface area contributed by atoms with E-state index in [4.69, 9.17) is 0 Å². The van der Waals surface area contributed by atoms with Crippen molar-refractivity contribution in [2.24, 2.45) is 0 Å². The van der Waals surface area contributed by atoms with Crippen molar-refractivity contribution in [3.63, 3.8) is 0 Å². The predicted molar refractivity (Wildman–Crippen MR) is 78.4 cm³/mol. The normalized spacial score (nSPS) is 18.1. The second kappa shape index (κ2) is 6.74. The molecule has 2 heterocycles. The largest absolute Gasteiger partial charge is 0.317 e. The molecule has 0 unspecified atom stereocenters. The number of likely N-dealkylation sites (tertiary alicyclic amines) is 1. The van der Waals surface area contributed by atoms with Crippen LogP contribution in [0.1, 0.15) is 28.2 Å². The summed E-state index contributed by atoms with van der Waals surface area (Å²) in [4.78, 5) is 5.52. The summed E-state index contributed by atoms with van der Waals surface area (Å²) in [7, 11) is 2.08. The standard InChI is InChI=1S/C13H22N2S.ClH/c1-10-8-12(11(2)16-10)9-15-6-4-13(14-3)5-7-15;/h8,13-14H,4-7,9H2,1-3H3;1H.